The number of nitrogens with one attached hydrogen (secondary N) is 2. The summed E-state index contributed by atoms with van der Waals surface area (Å²) in [6, 6.07) is 6.16. The van der Waals surface area contributed by atoms with Gasteiger partial charge in [-0.05, 0) is 38.1 Å². The van der Waals surface area contributed by atoms with Gasteiger partial charge in [-0.1, -0.05) is 18.5 Å². The second-order valence-electron chi connectivity index (χ2n) is 6.15. The number of hydrogen-bond donors (Lipinski definition) is 2. The number of H-pyrrole nitrogens is 1. The molecule has 128 valence electrons. The van der Waals surface area contributed by atoms with Gasteiger partial charge >= 0.3 is 0 Å². The van der Waals surface area contributed by atoms with Crippen molar-refractivity contribution in [2.45, 2.75) is 45.7 Å². The molecule has 24 heavy (non-hydrogen) atoms. The van der Waals surface area contributed by atoms with Crippen LogP contribution in [0.3, 0.4) is 0 Å². The Kier molecular flexibility index (Phi) is 5.53. The van der Waals surface area contributed by atoms with Gasteiger partial charge < -0.3 is 14.9 Å². The molecule has 1 aromatic carbocycles. The van der Waals surface area contributed by atoms with Crippen LogP contribution >= 0.6 is 11.6 Å². The van der Waals surface area contributed by atoms with Crippen LogP contribution in [0.1, 0.15) is 31.9 Å². The van der Waals surface area contributed by atoms with Crippen LogP contribution < -0.4 is 5.32 Å². The first-order valence-electron chi connectivity index (χ1n) is 8.53. The van der Waals surface area contributed by atoms with E-state index in [1.165, 1.54) is 0 Å². The molecule has 3 rings (SSSR count). The third-order valence-corrected chi connectivity index (χ3v) is 4.40. The summed E-state index contributed by atoms with van der Waals surface area (Å²) in [4.78, 5) is 12.3. The van der Waals surface area contributed by atoms with Gasteiger partial charge in [-0.25, -0.2) is 9.97 Å². The zero-order chi connectivity index (χ0) is 16.9. The van der Waals surface area contributed by atoms with Gasteiger partial charge in [0.15, 0.2) is 0 Å². The average molecular weight is 346 g/mol. The van der Waals surface area contributed by atoms with E-state index in [9.17, 15) is 0 Å². The van der Waals surface area contributed by atoms with Crippen LogP contribution in [0.4, 0.5) is 0 Å². The Morgan fingerprint density at radius 2 is 2.25 bits per heavy atom. The number of aryl methyl sites for hydroxylation is 2. The van der Waals surface area contributed by atoms with Gasteiger partial charge in [0.1, 0.15) is 11.6 Å². The molecule has 5 nitrogen and oxygen atoms in total. The van der Waals surface area contributed by atoms with Crippen molar-refractivity contribution in [2.75, 3.05) is 6.54 Å². The fourth-order valence-electron chi connectivity index (χ4n) is 2.94. The van der Waals surface area contributed by atoms with Gasteiger partial charge in [-0.3, -0.25) is 0 Å². The highest BCUT2D eigenvalue weighted by atomic mass is 35.5. The van der Waals surface area contributed by atoms with E-state index in [4.69, 9.17) is 11.6 Å². The number of fused-ring (bicyclic) bond motifs is 1. The van der Waals surface area contributed by atoms with E-state index in [-0.39, 0.29) is 0 Å². The minimum Gasteiger partial charge on any atom is -0.342 e. The van der Waals surface area contributed by atoms with Crippen LogP contribution in [0.2, 0.25) is 5.02 Å². The Bertz CT molecular complexity index is 792. The molecular weight excluding hydrogens is 322 g/mol. The Morgan fingerprint density at radius 3 is 3.08 bits per heavy atom. The molecule has 0 saturated heterocycles. The van der Waals surface area contributed by atoms with Crippen LogP contribution in [0.15, 0.2) is 30.6 Å². The van der Waals surface area contributed by atoms with Crippen LogP contribution in [-0.2, 0) is 19.4 Å². The SMILES string of the molecule is CCc1nccn1CC(C)NCCCc1nc2ccc(Cl)cc2[nH]1. The van der Waals surface area contributed by atoms with Crippen molar-refractivity contribution < 1.29 is 0 Å². The molecule has 1 atom stereocenters. The third-order valence-electron chi connectivity index (χ3n) is 4.16. The Morgan fingerprint density at radius 1 is 1.38 bits per heavy atom. The quantitative estimate of drug-likeness (QED) is 0.613. The first kappa shape index (κ1) is 17.0. The van der Waals surface area contributed by atoms with Crippen LogP contribution in [-0.4, -0.2) is 32.1 Å². The molecule has 0 saturated carbocycles. The maximum atomic E-state index is 6.01. The number of rotatable bonds is 8. The number of aromatic nitrogens is 4. The molecule has 0 aliphatic rings. The van der Waals surface area contributed by atoms with Crippen molar-refractivity contribution in [1.82, 2.24) is 24.8 Å². The van der Waals surface area contributed by atoms with Gasteiger partial charge in [-0.15, -0.1) is 0 Å². The van der Waals surface area contributed by atoms with Gasteiger partial charge in [0.25, 0.3) is 0 Å². The zero-order valence-corrected chi connectivity index (χ0v) is 15.0. The van der Waals surface area contributed by atoms with Crippen LogP contribution in [0, 0.1) is 0 Å². The number of nitrogens with zero attached hydrogens (tertiary/aromatic N) is 3. The van der Waals surface area contributed by atoms with Crippen molar-refractivity contribution in [1.29, 1.82) is 0 Å². The van der Waals surface area contributed by atoms with E-state index >= 15 is 0 Å². The van der Waals surface area contributed by atoms with Crippen molar-refractivity contribution in [3.63, 3.8) is 0 Å². The first-order chi connectivity index (χ1) is 11.7. The fraction of sp³-hybridized carbons (Fsp3) is 0.444. The van der Waals surface area contributed by atoms with Gasteiger partial charge in [0, 0.05) is 42.8 Å². The standard InChI is InChI=1S/C18H24ClN5/c1-3-18-21-9-10-24(18)12-13(2)20-8-4-5-17-22-15-7-6-14(19)11-16(15)23-17/h6-7,9-11,13,20H,3-5,8,12H2,1-2H3,(H,22,23). The topological polar surface area (TPSA) is 58.5 Å². The first-order valence-corrected chi connectivity index (χ1v) is 8.91. The molecule has 6 heteroatoms. The van der Waals surface area contributed by atoms with E-state index in [0.717, 1.165) is 60.1 Å². The lowest BCUT2D eigenvalue weighted by Crippen LogP contribution is -2.31. The number of aromatic amines is 1. The van der Waals surface area contributed by atoms with Crippen molar-refractivity contribution >= 4 is 22.6 Å². The van der Waals surface area contributed by atoms with Crippen molar-refractivity contribution in [3.05, 3.63) is 47.3 Å². The Balaban J connectivity index is 1.44. The minimum absolute atomic E-state index is 0.416. The molecule has 1 unspecified atom stereocenters. The summed E-state index contributed by atoms with van der Waals surface area (Å²) in [5, 5.41) is 4.31. The van der Waals surface area contributed by atoms with Crippen LogP contribution in [0.5, 0.6) is 0 Å². The van der Waals surface area contributed by atoms with E-state index in [1.807, 2.05) is 24.4 Å². The maximum absolute atomic E-state index is 6.01. The zero-order valence-electron chi connectivity index (χ0n) is 14.2. The minimum atomic E-state index is 0.416. The number of imidazole rings is 2. The third kappa shape index (κ3) is 4.16. The molecule has 0 spiro atoms. The molecule has 0 radical (unpaired) electrons. The lowest BCUT2D eigenvalue weighted by molar-refractivity contribution is 0.463. The largest absolute Gasteiger partial charge is 0.342 e. The second-order valence-corrected chi connectivity index (χ2v) is 6.59. The Hall–Kier alpha value is -1.85. The van der Waals surface area contributed by atoms with E-state index in [0.29, 0.717) is 6.04 Å². The van der Waals surface area contributed by atoms with E-state index in [2.05, 4.69) is 44.9 Å². The monoisotopic (exact) mass is 345 g/mol. The molecule has 2 heterocycles. The smallest absolute Gasteiger partial charge is 0.108 e. The predicted molar refractivity (Wildman–Crippen MR) is 98.5 cm³/mol. The summed E-state index contributed by atoms with van der Waals surface area (Å²) >= 11 is 6.01. The lowest BCUT2D eigenvalue weighted by atomic mass is 10.2. The molecule has 0 amide bonds. The number of hydrogen-bond acceptors (Lipinski definition) is 3. The van der Waals surface area contributed by atoms with E-state index < -0.39 is 0 Å². The summed E-state index contributed by atoms with van der Waals surface area (Å²) in [6.45, 7) is 6.27. The van der Waals surface area contributed by atoms with Crippen molar-refractivity contribution in [2.24, 2.45) is 0 Å². The van der Waals surface area contributed by atoms with Gasteiger partial charge in [-0.2, -0.15) is 0 Å². The molecule has 2 N–H and O–H groups in total. The van der Waals surface area contributed by atoms with Gasteiger partial charge in [0.05, 0.1) is 11.0 Å². The Labute approximate surface area is 147 Å². The predicted octanol–water partition coefficient (Wildman–Crippen LogP) is 3.59. The highest BCUT2D eigenvalue weighted by Crippen LogP contribution is 2.17. The average Bonchev–Trinajstić information content (AvgIpc) is 3.17. The molecule has 0 fully saturated rings. The van der Waals surface area contributed by atoms with Gasteiger partial charge in [0.2, 0.25) is 0 Å². The fourth-order valence-corrected chi connectivity index (χ4v) is 3.11. The molecule has 2 aromatic heterocycles. The number of benzene rings is 1. The highest BCUT2D eigenvalue weighted by molar-refractivity contribution is 6.31. The van der Waals surface area contributed by atoms with E-state index in [1.54, 1.807) is 0 Å². The second kappa shape index (κ2) is 7.81. The van der Waals surface area contributed by atoms with Crippen molar-refractivity contribution in [3.8, 4) is 0 Å². The molecular formula is C18H24ClN5. The molecule has 0 aliphatic carbocycles. The molecule has 0 bridgehead atoms. The van der Waals surface area contributed by atoms with Crippen LogP contribution in [0.25, 0.3) is 11.0 Å². The summed E-state index contributed by atoms with van der Waals surface area (Å²) in [7, 11) is 0. The summed E-state index contributed by atoms with van der Waals surface area (Å²) in [5.41, 5.74) is 1.98. The summed E-state index contributed by atoms with van der Waals surface area (Å²) in [6.07, 6.45) is 6.87. The summed E-state index contributed by atoms with van der Waals surface area (Å²) < 4.78 is 2.22. The normalized spacial score (nSPS) is 12.8. The number of halogens is 1. The maximum Gasteiger partial charge on any atom is 0.108 e. The molecule has 3 aromatic rings. The highest BCUT2D eigenvalue weighted by Gasteiger charge is 2.07. The summed E-state index contributed by atoms with van der Waals surface area (Å²) in [5.74, 6) is 2.16. The lowest BCUT2D eigenvalue weighted by Gasteiger charge is -2.15. The molecule has 0 aliphatic heterocycles.